The summed E-state index contributed by atoms with van der Waals surface area (Å²) in [6, 6.07) is 0. The molecule has 2 aromatic heterocycles. The Morgan fingerprint density at radius 2 is 1.95 bits per heavy atom. The predicted molar refractivity (Wildman–Crippen MR) is 85.4 cm³/mol. The number of aryl methyl sites for hydroxylation is 1. The van der Waals surface area contributed by atoms with Crippen LogP contribution < -0.4 is 16.7 Å². The van der Waals surface area contributed by atoms with Gasteiger partial charge in [-0.05, 0) is 6.92 Å². The van der Waals surface area contributed by atoms with Gasteiger partial charge in [-0.1, -0.05) is 20.8 Å². The molecular formula is C14H20N6O2. The van der Waals surface area contributed by atoms with E-state index in [1.807, 2.05) is 0 Å². The lowest BCUT2D eigenvalue weighted by Crippen LogP contribution is -2.39. The third-order valence-corrected chi connectivity index (χ3v) is 4.01. The number of rotatable bonds is 1. The molecule has 8 nitrogen and oxygen atoms in total. The van der Waals surface area contributed by atoms with Gasteiger partial charge >= 0.3 is 5.69 Å². The van der Waals surface area contributed by atoms with Gasteiger partial charge in [0.2, 0.25) is 5.95 Å². The molecule has 3 rings (SSSR count). The Bertz CT molecular complexity index is 907. The zero-order chi connectivity index (χ0) is 16.2. The van der Waals surface area contributed by atoms with Crippen molar-refractivity contribution >= 4 is 22.8 Å². The normalized spacial score (nSPS) is 14.7. The van der Waals surface area contributed by atoms with Crippen LogP contribution in [0.25, 0.3) is 11.2 Å². The fourth-order valence-corrected chi connectivity index (χ4v) is 2.60. The Labute approximate surface area is 127 Å². The minimum absolute atomic E-state index is 0.119. The van der Waals surface area contributed by atoms with Crippen LogP contribution in [0.15, 0.2) is 14.7 Å². The molecule has 0 atom stereocenters. The molecule has 0 aromatic carbocycles. The molecule has 1 aliphatic heterocycles. The number of nitrogens with zero attached hydrogens (tertiary/aromatic N) is 5. The monoisotopic (exact) mass is 304 g/mol. The maximum atomic E-state index is 12.6. The van der Waals surface area contributed by atoms with Crippen LogP contribution >= 0.6 is 0 Å². The van der Waals surface area contributed by atoms with Crippen molar-refractivity contribution in [2.75, 3.05) is 5.43 Å². The summed E-state index contributed by atoms with van der Waals surface area (Å²) in [5.41, 5.74) is 3.86. The third kappa shape index (κ3) is 1.90. The van der Waals surface area contributed by atoms with E-state index in [-0.39, 0.29) is 16.7 Å². The first-order chi connectivity index (χ1) is 10.3. The average molecular weight is 304 g/mol. The van der Waals surface area contributed by atoms with Crippen molar-refractivity contribution in [3.63, 3.8) is 0 Å². The topological polar surface area (TPSA) is 86.2 Å². The van der Waals surface area contributed by atoms with E-state index >= 15 is 0 Å². The second kappa shape index (κ2) is 4.56. The van der Waals surface area contributed by atoms with Gasteiger partial charge < -0.3 is 0 Å². The molecule has 0 saturated heterocycles. The molecule has 118 valence electrons. The fraction of sp³-hybridized carbons (Fsp3) is 0.571. The minimum atomic E-state index is -0.354. The molecule has 3 heterocycles. The van der Waals surface area contributed by atoms with Gasteiger partial charge in [-0.2, -0.15) is 10.1 Å². The van der Waals surface area contributed by atoms with E-state index in [2.05, 4.69) is 36.3 Å². The summed E-state index contributed by atoms with van der Waals surface area (Å²) in [4.78, 5) is 29.2. The van der Waals surface area contributed by atoms with E-state index in [0.717, 1.165) is 5.71 Å². The van der Waals surface area contributed by atoms with E-state index in [4.69, 9.17) is 0 Å². The Balaban J connectivity index is 2.32. The van der Waals surface area contributed by atoms with E-state index in [1.54, 1.807) is 18.5 Å². The van der Waals surface area contributed by atoms with Crippen LogP contribution in [0.3, 0.4) is 0 Å². The minimum Gasteiger partial charge on any atom is -0.297 e. The SMILES string of the molecule is CCn1c(=O)c2c(nc3n2CC(C(C)(C)C)=NN3)n(C)c1=O. The average Bonchev–Trinajstić information content (AvgIpc) is 2.83. The molecular weight excluding hydrogens is 284 g/mol. The van der Waals surface area contributed by atoms with E-state index in [9.17, 15) is 9.59 Å². The lowest BCUT2D eigenvalue weighted by molar-refractivity contribution is 0.562. The van der Waals surface area contributed by atoms with Gasteiger partial charge in [-0.3, -0.25) is 18.5 Å². The van der Waals surface area contributed by atoms with Gasteiger partial charge in [0, 0.05) is 19.0 Å². The third-order valence-electron chi connectivity index (χ3n) is 4.01. The number of hydrazone groups is 1. The molecule has 1 N–H and O–H groups in total. The van der Waals surface area contributed by atoms with E-state index in [0.29, 0.717) is 30.2 Å². The molecule has 0 bridgehead atoms. The Morgan fingerprint density at radius 3 is 2.55 bits per heavy atom. The smallest absolute Gasteiger partial charge is 0.297 e. The number of fused-ring (bicyclic) bond motifs is 3. The summed E-state index contributed by atoms with van der Waals surface area (Å²) in [5.74, 6) is 0.490. The highest BCUT2D eigenvalue weighted by molar-refractivity contribution is 5.92. The van der Waals surface area contributed by atoms with Crippen LogP contribution in [0.4, 0.5) is 5.95 Å². The lowest BCUT2D eigenvalue weighted by Gasteiger charge is -2.25. The lowest BCUT2D eigenvalue weighted by atomic mass is 9.90. The molecule has 1 aliphatic rings. The highest BCUT2D eigenvalue weighted by Crippen LogP contribution is 2.25. The van der Waals surface area contributed by atoms with Gasteiger partial charge in [0.1, 0.15) is 0 Å². The van der Waals surface area contributed by atoms with Crippen LogP contribution in [0.5, 0.6) is 0 Å². The zero-order valence-corrected chi connectivity index (χ0v) is 13.5. The fourth-order valence-electron chi connectivity index (χ4n) is 2.60. The maximum absolute atomic E-state index is 12.6. The summed E-state index contributed by atoms with van der Waals surface area (Å²) in [6.45, 7) is 8.80. The van der Waals surface area contributed by atoms with Gasteiger partial charge in [0.05, 0.1) is 12.3 Å². The van der Waals surface area contributed by atoms with Gasteiger partial charge in [0.15, 0.2) is 11.2 Å². The maximum Gasteiger partial charge on any atom is 0.332 e. The summed E-state index contributed by atoms with van der Waals surface area (Å²) in [5, 5.41) is 4.35. The number of hydrogen-bond acceptors (Lipinski definition) is 5. The molecule has 0 radical (unpaired) electrons. The first-order valence-electron chi connectivity index (χ1n) is 7.28. The van der Waals surface area contributed by atoms with Crippen LogP contribution in [0.1, 0.15) is 27.7 Å². The first kappa shape index (κ1) is 14.6. The van der Waals surface area contributed by atoms with Crippen LogP contribution in [-0.4, -0.2) is 24.4 Å². The van der Waals surface area contributed by atoms with Crippen molar-refractivity contribution in [2.24, 2.45) is 17.6 Å². The molecule has 22 heavy (non-hydrogen) atoms. The molecule has 8 heteroatoms. The predicted octanol–water partition coefficient (Wildman–Crippen LogP) is 0.744. The summed E-state index contributed by atoms with van der Waals surface area (Å²) < 4.78 is 4.43. The Morgan fingerprint density at radius 1 is 1.27 bits per heavy atom. The molecule has 0 unspecified atom stereocenters. The van der Waals surface area contributed by atoms with Crippen molar-refractivity contribution in [1.29, 1.82) is 0 Å². The molecule has 0 spiro atoms. The second-order valence-corrected chi connectivity index (χ2v) is 6.51. The van der Waals surface area contributed by atoms with Crippen molar-refractivity contribution in [3.05, 3.63) is 20.8 Å². The summed E-state index contributed by atoms with van der Waals surface area (Å²) in [6.07, 6.45) is 0. The quantitative estimate of drug-likeness (QED) is 0.842. The van der Waals surface area contributed by atoms with Crippen molar-refractivity contribution in [1.82, 2.24) is 18.7 Å². The number of anilines is 1. The Kier molecular flexibility index (Phi) is 3.01. The van der Waals surface area contributed by atoms with E-state index < -0.39 is 0 Å². The highest BCUT2D eigenvalue weighted by Gasteiger charge is 2.27. The van der Waals surface area contributed by atoms with Gasteiger partial charge in [-0.25, -0.2) is 10.2 Å². The first-order valence-corrected chi connectivity index (χ1v) is 7.28. The largest absolute Gasteiger partial charge is 0.332 e. The second-order valence-electron chi connectivity index (χ2n) is 6.51. The Hall–Kier alpha value is -2.38. The summed E-state index contributed by atoms with van der Waals surface area (Å²) in [7, 11) is 1.63. The van der Waals surface area contributed by atoms with Gasteiger partial charge in [-0.15, -0.1) is 0 Å². The highest BCUT2D eigenvalue weighted by atomic mass is 16.2. The molecule has 0 fully saturated rings. The molecule has 0 aliphatic carbocycles. The van der Waals surface area contributed by atoms with Crippen LogP contribution in [-0.2, 0) is 20.1 Å². The standard InChI is InChI=1S/C14H20N6O2/c1-6-19-11(21)9-10(18(5)13(19)22)15-12-17-16-8(7-20(9)12)14(2,3)4/h6-7H2,1-5H3,(H,15,17). The van der Waals surface area contributed by atoms with E-state index in [1.165, 1.54) is 9.13 Å². The number of aromatic nitrogens is 4. The number of hydrogen-bond donors (Lipinski definition) is 1. The summed E-state index contributed by atoms with van der Waals surface area (Å²) >= 11 is 0. The number of nitrogens with one attached hydrogen (secondary N) is 1. The van der Waals surface area contributed by atoms with Crippen LogP contribution in [0, 0.1) is 5.41 Å². The molecule has 0 saturated carbocycles. The number of imidazole rings is 1. The molecule has 0 amide bonds. The van der Waals surface area contributed by atoms with Crippen molar-refractivity contribution in [3.8, 4) is 0 Å². The van der Waals surface area contributed by atoms with Gasteiger partial charge in [0.25, 0.3) is 5.56 Å². The zero-order valence-electron chi connectivity index (χ0n) is 13.5. The van der Waals surface area contributed by atoms with Crippen molar-refractivity contribution in [2.45, 2.75) is 40.8 Å². The van der Waals surface area contributed by atoms with Crippen LogP contribution in [0.2, 0.25) is 0 Å². The molecule has 2 aromatic rings. The van der Waals surface area contributed by atoms with Crippen molar-refractivity contribution < 1.29 is 0 Å².